The summed E-state index contributed by atoms with van der Waals surface area (Å²) in [5.41, 5.74) is 0.296. The van der Waals surface area contributed by atoms with Crippen molar-refractivity contribution in [3.63, 3.8) is 0 Å². The monoisotopic (exact) mass is 158 g/mol. The molecule has 0 radical (unpaired) electrons. The maximum Gasteiger partial charge on any atom is 0.0538 e. The molecule has 0 N–H and O–H groups in total. The molecule has 0 saturated carbocycles. The fourth-order valence-electron chi connectivity index (χ4n) is 0.913. The van der Waals surface area contributed by atoms with E-state index in [0.717, 1.165) is 26.4 Å². The Balaban J connectivity index is 1.95. The highest BCUT2D eigenvalue weighted by Crippen LogP contribution is 2.15. The van der Waals surface area contributed by atoms with E-state index in [4.69, 9.17) is 9.47 Å². The summed E-state index contributed by atoms with van der Waals surface area (Å²) < 4.78 is 10.6. The lowest BCUT2D eigenvalue weighted by atomic mass is 9.98. The topological polar surface area (TPSA) is 18.5 Å². The SMILES string of the molecule is CC(C)(C)COCC1COC1. The van der Waals surface area contributed by atoms with Crippen molar-refractivity contribution in [1.82, 2.24) is 0 Å². The molecule has 0 aromatic heterocycles. The van der Waals surface area contributed by atoms with E-state index in [1.165, 1.54) is 0 Å². The molecule has 0 aliphatic carbocycles. The first-order valence-electron chi connectivity index (χ1n) is 4.23. The van der Waals surface area contributed by atoms with Crippen molar-refractivity contribution >= 4 is 0 Å². The maximum atomic E-state index is 5.52. The molecule has 1 aliphatic rings. The van der Waals surface area contributed by atoms with Gasteiger partial charge in [-0.05, 0) is 5.41 Å². The molecule has 0 bridgehead atoms. The van der Waals surface area contributed by atoms with Gasteiger partial charge in [0.2, 0.25) is 0 Å². The summed E-state index contributed by atoms with van der Waals surface area (Å²) >= 11 is 0. The molecule has 1 heterocycles. The molecule has 1 saturated heterocycles. The van der Waals surface area contributed by atoms with Gasteiger partial charge in [-0.25, -0.2) is 0 Å². The Labute approximate surface area is 68.9 Å². The van der Waals surface area contributed by atoms with E-state index in [2.05, 4.69) is 20.8 Å². The lowest BCUT2D eigenvalue weighted by Gasteiger charge is -2.27. The molecule has 1 aliphatic heterocycles. The second-order valence-electron chi connectivity index (χ2n) is 4.48. The molecule has 0 aromatic rings. The summed E-state index contributed by atoms with van der Waals surface area (Å²) in [6.45, 7) is 10.1. The van der Waals surface area contributed by atoms with E-state index in [1.807, 2.05) is 0 Å². The van der Waals surface area contributed by atoms with Gasteiger partial charge in [0.25, 0.3) is 0 Å². The minimum absolute atomic E-state index is 0.296. The number of hydrogen-bond donors (Lipinski definition) is 0. The molecule has 0 atom stereocenters. The van der Waals surface area contributed by atoms with Crippen LogP contribution in [-0.2, 0) is 9.47 Å². The fraction of sp³-hybridized carbons (Fsp3) is 1.00. The van der Waals surface area contributed by atoms with Crippen molar-refractivity contribution in [3.8, 4) is 0 Å². The Morgan fingerprint density at radius 3 is 2.36 bits per heavy atom. The molecular formula is C9H18O2. The minimum atomic E-state index is 0.296. The third-order valence-electron chi connectivity index (χ3n) is 1.60. The summed E-state index contributed by atoms with van der Waals surface area (Å²) in [5, 5.41) is 0. The van der Waals surface area contributed by atoms with Gasteiger partial charge in [0, 0.05) is 5.92 Å². The van der Waals surface area contributed by atoms with Crippen molar-refractivity contribution < 1.29 is 9.47 Å². The summed E-state index contributed by atoms with van der Waals surface area (Å²) in [6.07, 6.45) is 0. The highest BCUT2D eigenvalue weighted by atomic mass is 16.5. The van der Waals surface area contributed by atoms with Gasteiger partial charge < -0.3 is 9.47 Å². The first-order valence-corrected chi connectivity index (χ1v) is 4.23. The van der Waals surface area contributed by atoms with Gasteiger partial charge in [0.05, 0.1) is 26.4 Å². The van der Waals surface area contributed by atoms with Crippen molar-refractivity contribution in [2.75, 3.05) is 26.4 Å². The van der Waals surface area contributed by atoms with Crippen molar-refractivity contribution in [2.24, 2.45) is 11.3 Å². The molecule has 0 spiro atoms. The largest absolute Gasteiger partial charge is 0.381 e. The molecule has 66 valence electrons. The summed E-state index contributed by atoms with van der Waals surface area (Å²) in [4.78, 5) is 0. The normalized spacial score (nSPS) is 19.9. The summed E-state index contributed by atoms with van der Waals surface area (Å²) in [7, 11) is 0. The summed E-state index contributed by atoms with van der Waals surface area (Å²) in [6, 6.07) is 0. The van der Waals surface area contributed by atoms with Gasteiger partial charge in [-0.3, -0.25) is 0 Å². The Kier molecular flexibility index (Phi) is 2.90. The second-order valence-corrected chi connectivity index (χ2v) is 4.48. The first-order chi connectivity index (χ1) is 5.08. The van der Waals surface area contributed by atoms with Crippen LogP contribution in [0.1, 0.15) is 20.8 Å². The molecule has 0 amide bonds. The van der Waals surface area contributed by atoms with Gasteiger partial charge in [0.1, 0.15) is 0 Å². The molecule has 0 aromatic carbocycles. The zero-order valence-electron chi connectivity index (χ0n) is 7.72. The molecule has 1 rings (SSSR count). The van der Waals surface area contributed by atoms with Gasteiger partial charge in [-0.15, -0.1) is 0 Å². The van der Waals surface area contributed by atoms with Crippen LogP contribution in [0.2, 0.25) is 0 Å². The van der Waals surface area contributed by atoms with E-state index in [0.29, 0.717) is 11.3 Å². The van der Waals surface area contributed by atoms with Crippen LogP contribution in [0.5, 0.6) is 0 Å². The average molecular weight is 158 g/mol. The van der Waals surface area contributed by atoms with Crippen molar-refractivity contribution in [2.45, 2.75) is 20.8 Å². The van der Waals surface area contributed by atoms with E-state index in [9.17, 15) is 0 Å². The van der Waals surface area contributed by atoms with Crippen LogP contribution in [0.15, 0.2) is 0 Å². The van der Waals surface area contributed by atoms with Gasteiger partial charge >= 0.3 is 0 Å². The van der Waals surface area contributed by atoms with Crippen LogP contribution >= 0.6 is 0 Å². The van der Waals surface area contributed by atoms with Gasteiger partial charge in [-0.2, -0.15) is 0 Å². The molecule has 0 unspecified atom stereocenters. The standard InChI is InChI=1S/C9H18O2/c1-9(2,3)7-11-6-8-4-10-5-8/h8H,4-7H2,1-3H3. The second kappa shape index (κ2) is 3.55. The van der Waals surface area contributed by atoms with Crippen molar-refractivity contribution in [1.29, 1.82) is 0 Å². The van der Waals surface area contributed by atoms with E-state index in [-0.39, 0.29) is 0 Å². The van der Waals surface area contributed by atoms with Gasteiger partial charge in [-0.1, -0.05) is 20.8 Å². The molecular weight excluding hydrogens is 140 g/mol. The van der Waals surface area contributed by atoms with Gasteiger partial charge in [0.15, 0.2) is 0 Å². The van der Waals surface area contributed by atoms with Crippen LogP contribution in [-0.4, -0.2) is 26.4 Å². The van der Waals surface area contributed by atoms with Crippen LogP contribution < -0.4 is 0 Å². The Bertz CT molecular complexity index is 111. The van der Waals surface area contributed by atoms with Crippen LogP contribution in [0.3, 0.4) is 0 Å². The molecule has 2 heteroatoms. The molecule has 1 fully saturated rings. The fourth-order valence-corrected chi connectivity index (χ4v) is 0.913. The number of hydrogen-bond acceptors (Lipinski definition) is 2. The maximum absolute atomic E-state index is 5.52. The Morgan fingerprint density at radius 2 is 2.00 bits per heavy atom. The van der Waals surface area contributed by atoms with E-state index < -0.39 is 0 Å². The van der Waals surface area contributed by atoms with Crippen LogP contribution in [0, 0.1) is 11.3 Å². The quantitative estimate of drug-likeness (QED) is 0.622. The predicted molar refractivity (Wildman–Crippen MR) is 44.6 cm³/mol. The third kappa shape index (κ3) is 3.73. The van der Waals surface area contributed by atoms with Crippen molar-refractivity contribution in [3.05, 3.63) is 0 Å². The lowest BCUT2D eigenvalue weighted by molar-refractivity contribution is -0.0796. The zero-order valence-corrected chi connectivity index (χ0v) is 7.72. The first kappa shape index (κ1) is 9.01. The third-order valence-corrected chi connectivity index (χ3v) is 1.60. The highest BCUT2D eigenvalue weighted by Gasteiger charge is 2.19. The Hall–Kier alpha value is -0.0800. The Morgan fingerprint density at radius 1 is 1.36 bits per heavy atom. The average Bonchev–Trinajstić information content (AvgIpc) is 1.73. The smallest absolute Gasteiger partial charge is 0.0538 e. The molecule has 2 nitrogen and oxygen atoms in total. The van der Waals surface area contributed by atoms with E-state index >= 15 is 0 Å². The number of ether oxygens (including phenoxy) is 2. The molecule has 11 heavy (non-hydrogen) atoms. The van der Waals surface area contributed by atoms with Crippen LogP contribution in [0.4, 0.5) is 0 Å². The van der Waals surface area contributed by atoms with Crippen LogP contribution in [0.25, 0.3) is 0 Å². The highest BCUT2D eigenvalue weighted by molar-refractivity contribution is 4.65. The predicted octanol–water partition coefficient (Wildman–Crippen LogP) is 1.70. The number of rotatable bonds is 3. The summed E-state index contributed by atoms with van der Waals surface area (Å²) in [5.74, 6) is 0.664. The minimum Gasteiger partial charge on any atom is -0.381 e. The lowest BCUT2D eigenvalue weighted by Crippen LogP contribution is -2.32. The van der Waals surface area contributed by atoms with E-state index in [1.54, 1.807) is 0 Å². The zero-order chi connectivity index (χ0) is 8.32.